The number of nitrogens with one attached hydrogen (secondary N) is 1. The molecule has 0 unspecified atom stereocenters. The number of aromatic nitrogens is 1. The Morgan fingerprint density at radius 3 is 2.88 bits per heavy atom. The van der Waals surface area contributed by atoms with Crippen LogP contribution in [0.5, 0.6) is 0 Å². The Bertz CT molecular complexity index is 570. The van der Waals surface area contributed by atoms with Crippen molar-refractivity contribution in [3.8, 4) is 0 Å². The first-order chi connectivity index (χ1) is 8.06. The highest BCUT2D eigenvalue weighted by molar-refractivity contribution is 9.10. The molecule has 0 radical (unpaired) electrons. The van der Waals surface area contributed by atoms with Crippen molar-refractivity contribution < 1.29 is 4.79 Å². The van der Waals surface area contributed by atoms with Crippen LogP contribution in [0.2, 0.25) is 5.02 Å². The van der Waals surface area contributed by atoms with Crippen molar-refractivity contribution in [3.05, 3.63) is 44.3 Å². The highest BCUT2D eigenvalue weighted by atomic mass is 79.9. The van der Waals surface area contributed by atoms with Crippen LogP contribution in [0.1, 0.15) is 16.1 Å². The lowest BCUT2D eigenvalue weighted by Gasteiger charge is -2.04. The van der Waals surface area contributed by atoms with Gasteiger partial charge in [0.25, 0.3) is 5.91 Å². The number of thiazole rings is 1. The third kappa shape index (κ3) is 3.06. The minimum absolute atomic E-state index is 0.206. The maximum atomic E-state index is 11.9. The molecule has 2 aromatic rings. The van der Waals surface area contributed by atoms with Crippen LogP contribution in [-0.2, 0) is 0 Å². The summed E-state index contributed by atoms with van der Waals surface area (Å²) >= 11 is 10.5. The monoisotopic (exact) mass is 330 g/mol. The van der Waals surface area contributed by atoms with Crippen LogP contribution in [-0.4, -0.2) is 10.9 Å². The Morgan fingerprint density at radius 1 is 1.53 bits per heavy atom. The number of hydrogen-bond acceptors (Lipinski definition) is 3. The van der Waals surface area contributed by atoms with Gasteiger partial charge in [-0.1, -0.05) is 11.6 Å². The Balaban J connectivity index is 2.20. The molecule has 2 rings (SSSR count). The van der Waals surface area contributed by atoms with E-state index in [4.69, 9.17) is 11.6 Å². The molecule has 1 heterocycles. The molecule has 0 spiro atoms. The molecule has 0 aliphatic carbocycles. The Hall–Kier alpha value is -0.910. The van der Waals surface area contributed by atoms with Crippen molar-refractivity contribution in [3.63, 3.8) is 0 Å². The summed E-state index contributed by atoms with van der Waals surface area (Å²) in [4.78, 5) is 16.1. The predicted molar refractivity (Wildman–Crippen MR) is 74.0 cm³/mol. The van der Waals surface area contributed by atoms with Gasteiger partial charge in [-0.2, -0.15) is 0 Å². The lowest BCUT2D eigenvalue weighted by molar-refractivity contribution is 0.102. The zero-order valence-corrected chi connectivity index (χ0v) is 12.0. The lowest BCUT2D eigenvalue weighted by atomic mass is 10.2. The standard InChI is InChI=1S/C11H8BrClN2OS/c1-6-5-17-11(14-6)15-10(16)8-3-2-7(13)4-9(8)12/h2-5H,1H3,(H,14,15,16). The summed E-state index contributed by atoms with van der Waals surface area (Å²) in [5, 5.41) is 5.79. The first-order valence-electron chi connectivity index (χ1n) is 4.75. The minimum Gasteiger partial charge on any atom is -0.298 e. The highest BCUT2D eigenvalue weighted by Gasteiger charge is 2.11. The van der Waals surface area contributed by atoms with Gasteiger partial charge < -0.3 is 0 Å². The Morgan fingerprint density at radius 2 is 2.29 bits per heavy atom. The van der Waals surface area contributed by atoms with Crippen molar-refractivity contribution >= 4 is 49.9 Å². The van der Waals surface area contributed by atoms with Crippen LogP contribution in [0.4, 0.5) is 5.13 Å². The molecule has 1 amide bonds. The summed E-state index contributed by atoms with van der Waals surface area (Å²) in [6, 6.07) is 5.03. The average molecular weight is 332 g/mol. The van der Waals surface area contributed by atoms with E-state index in [0.29, 0.717) is 20.2 Å². The summed E-state index contributed by atoms with van der Waals surface area (Å²) in [5.74, 6) is -0.206. The maximum absolute atomic E-state index is 11.9. The predicted octanol–water partition coefficient (Wildman–Crippen LogP) is 4.12. The summed E-state index contributed by atoms with van der Waals surface area (Å²) in [7, 11) is 0. The summed E-state index contributed by atoms with van der Waals surface area (Å²) in [6.45, 7) is 1.88. The van der Waals surface area contributed by atoms with Crippen molar-refractivity contribution in [1.29, 1.82) is 0 Å². The normalized spacial score (nSPS) is 10.3. The van der Waals surface area contributed by atoms with Gasteiger partial charge in [-0.25, -0.2) is 4.98 Å². The van der Waals surface area contributed by atoms with Crippen molar-refractivity contribution in [1.82, 2.24) is 4.98 Å². The number of rotatable bonds is 2. The molecular weight excluding hydrogens is 324 g/mol. The number of amides is 1. The second-order valence-corrected chi connectivity index (χ2v) is 5.52. The molecule has 0 aliphatic rings. The SMILES string of the molecule is Cc1csc(NC(=O)c2ccc(Cl)cc2Br)n1. The van der Waals surface area contributed by atoms with Gasteiger partial charge in [0.1, 0.15) is 0 Å². The molecule has 1 aromatic heterocycles. The number of halogens is 2. The largest absolute Gasteiger partial charge is 0.298 e. The van der Waals surface area contributed by atoms with Gasteiger partial charge in [0.15, 0.2) is 5.13 Å². The van der Waals surface area contributed by atoms with Crippen LogP contribution in [0, 0.1) is 6.92 Å². The average Bonchev–Trinajstić information content (AvgIpc) is 2.63. The second-order valence-electron chi connectivity index (χ2n) is 3.37. The fourth-order valence-electron chi connectivity index (χ4n) is 1.25. The van der Waals surface area contributed by atoms with Gasteiger partial charge >= 0.3 is 0 Å². The summed E-state index contributed by atoms with van der Waals surface area (Å²) in [6.07, 6.45) is 0. The number of anilines is 1. The molecule has 1 N–H and O–H groups in total. The third-order valence-corrected chi connectivity index (χ3v) is 3.78. The van der Waals surface area contributed by atoms with E-state index in [2.05, 4.69) is 26.2 Å². The van der Waals surface area contributed by atoms with Gasteiger partial charge in [-0.05, 0) is 41.1 Å². The topological polar surface area (TPSA) is 42.0 Å². The lowest BCUT2D eigenvalue weighted by Crippen LogP contribution is -2.12. The van der Waals surface area contributed by atoms with Gasteiger partial charge in [-0.3, -0.25) is 10.1 Å². The summed E-state index contributed by atoms with van der Waals surface area (Å²) in [5.41, 5.74) is 1.42. The first kappa shape index (κ1) is 12.5. The number of carbonyl (C=O) groups excluding carboxylic acids is 1. The van der Waals surface area contributed by atoms with E-state index in [1.54, 1.807) is 18.2 Å². The fraction of sp³-hybridized carbons (Fsp3) is 0.0909. The maximum Gasteiger partial charge on any atom is 0.258 e. The van der Waals surface area contributed by atoms with Crippen molar-refractivity contribution in [2.24, 2.45) is 0 Å². The molecule has 0 saturated heterocycles. The fourth-order valence-corrected chi connectivity index (χ4v) is 2.80. The van der Waals surface area contributed by atoms with E-state index < -0.39 is 0 Å². The highest BCUT2D eigenvalue weighted by Crippen LogP contribution is 2.23. The molecule has 6 heteroatoms. The molecule has 0 aliphatic heterocycles. The van der Waals surface area contributed by atoms with E-state index in [1.807, 2.05) is 12.3 Å². The van der Waals surface area contributed by atoms with Crippen LogP contribution >= 0.6 is 38.9 Å². The third-order valence-electron chi connectivity index (χ3n) is 2.02. The minimum atomic E-state index is -0.206. The Kier molecular flexibility index (Phi) is 3.81. The molecule has 0 atom stereocenters. The number of nitrogens with zero attached hydrogens (tertiary/aromatic N) is 1. The Labute approximate surface area is 116 Å². The van der Waals surface area contributed by atoms with Gasteiger partial charge in [0.05, 0.1) is 11.3 Å². The van der Waals surface area contributed by atoms with E-state index in [1.165, 1.54) is 11.3 Å². The zero-order chi connectivity index (χ0) is 12.4. The van der Waals surface area contributed by atoms with Crippen molar-refractivity contribution in [2.75, 3.05) is 5.32 Å². The molecule has 3 nitrogen and oxygen atoms in total. The van der Waals surface area contributed by atoms with E-state index in [9.17, 15) is 4.79 Å². The molecule has 0 bridgehead atoms. The smallest absolute Gasteiger partial charge is 0.258 e. The molecule has 0 saturated carbocycles. The van der Waals surface area contributed by atoms with Crippen LogP contribution in [0.15, 0.2) is 28.1 Å². The zero-order valence-electron chi connectivity index (χ0n) is 8.83. The molecular formula is C11H8BrClN2OS. The number of hydrogen-bond donors (Lipinski definition) is 1. The van der Waals surface area contributed by atoms with Crippen LogP contribution in [0.3, 0.4) is 0 Å². The van der Waals surface area contributed by atoms with Gasteiger partial charge in [0, 0.05) is 14.9 Å². The van der Waals surface area contributed by atoms with Crippen LogP contribution in [0.25, 0.3) is 0 Å². The molecule has 88 valence electrons. The number of aryl methyl sites for hydroxylation is 1. The van der Waals surface area contributed by atoms with Gasteiger partial charge in [0.2, 0.25) is 0 Å². The molecule has 17 heavy (non-hydrogen) atoms. The number of carbonyl (C=O) groups is 1. The van der Waals surface area contributed by atoms with E-state index in [0.717, 1.165) is 5.69 Å². The van der Waals surface area contributed by atoms with Crippen LogP contribution < -0.4 is 5.32 Å². The van der Waals surface area contributed by atoms with Crippen molar-refractivity contribution in [2.45, 2.75) is 6.92 Å². The van der Waals surface area contributed by atoms with Gasteiger partial charge in [-0.15, -0.1) is 11.3 Å². The molecule has 1 aromatic carbocycles. The van der Waals surface area contributed by atoms with E-state index in [-0.39, 0.29) is 5.91 Å². The summed E-state index contributed by atoms with van der Waals surface area (Å²) < 4.78 is 0.663. The van der Waals surface area contributed by atoms with E-state index >= 15 is 0 Å². The first-order valence-corrected chi connectivity index (χ1v) is 6.80. The molecule has 0 fully saturated rings. The quantitative estimate of drug-likeness (QED) is 0.899. The second kappa shape index (κ2) is 5.16. The number of benzene rings is 1.